The Bertz CT molecular complexity index is 301. The molecule has 0 radical (unpaired) electrons. The van der Waals surface area contributed by atoms with Crippen molar-refractivity contribution in [3.05, 3.63) is 24.3 Å². The second-order valence-corrected chi connectivity index (χ2v) is 4.00. The molecule has 1 aliphatic heterocycles. The Labute approximate surface area is 95.1 Å². The summed E-state index contributed by atoms with van der Waals surface area (Å²) in [5.74, 6) is 0.0320. The number of carbonyl (C=O) groups is 1. The number of halogens is 1. The summed E-state index contributed by atoms with van der Waals surface area (Å²) in [4.78, 5) is 11.8. The predicted octanol–water partition coefficient (Wildman–Crippen LogP) is 1.63. The summed E-state index contributed by atoms with van der Waals surface area (Å²) in [6, 6.07) is 0. The minimum atomic E-state index is -0.805. The Morgan fingerprint density at radius 1 is 1.73 bits per heavy atom. The van der Waals surface area contributed by atoms with E-state index in [0.717, 1.165) is 24.1 Å². The van der Waals surface area contributed by atoms with Gasteiger partial charge in [0, 0.05) is 18.8 Å². The second-order valence-electron chi connectivity index (χ2n) is 3.74. The van der Waals surface area contributed by atoms with Crippen LogP contribution in [0.2, 0.25) is 0 Å². The summed E-state index contributed by atoms with van der Waals surface area (Å²) in [5.41, 5.74) is 0.846. The number of alkyl halides is 1. The third kappa shape index (κ3) is 2.24. The maximum atomic E-state index is 11.8. The number of hydrogen-bond donors (Lipinski definition) is 1. The SMILES string of the molecule is C=C(CCl)CC1(C(=O)OC)NCCC1=C. The van der Waals surface area contributed by atoms with Crippen LogP contribution in [0.3, 0.4) is 0 Å². The molecule has 1 heterocycles. The number of carbonyl (C=O) groups excluding carboxylic acids is 1. The average Bonchev–Trinajstić information content (AvgIpc) is 2.60. The summed E-state index contributed by atoms with van der Waals surface area (Å²) in [5, 5.41) is 3.14. The Morgan fingerprint density at radius 3 is 2.80 bits per heavy atom. The molecule has 0 bridgehead atoms. The van der Waals surface area contributed by atoms with E-state index in [-0.39, 0.29) is 5.97 Å². The molecule has 1 unspecified atom stereocenters. The van der Waals surface area contributed by atoms with Gasteiger partial charge in [0.05, 0.1) is 7.11 Å². The van der Waals surface area contributed by atoms with Crippen molar-refractivity contribution in [1.82, 2.24) is 5.32 Å². The van der Waals surface area contributed by atoms with Crippen LogP contribution in [-0.2, 0) is 9.53 Å². The molecule has 0 amide bonds. The van der Waals surface area contributed by atoms with Crippen molar-refractivity contribution in [1.29, 1.82) is 0 Å². The van der Waals surface area contributed by atoms with Gasteiger partial charge in [-0.25, -0.2) is 4.79 Å². The number of esters is 1. The third-order valence-corrected chi connectivity index (χ3v) is 3.07. The Kier molecular flexibility index (Phi) is 3.94. The first-order valence-corrected chi connectivity index (χ1v) is 5.34. The molecule has 0 aromatic rings. The first-order valence-electron chi connectivity index (χ1n) is 4.81. The lowest BCUT2D eigenvalue weighted by molar-refractivity contribution is -0.146. The predicted molar refractivity (Wildman–Crippen MR) is 61.0 cm³/mol. The number of hydrogen-bond acceptors (Lipinski definition) is 3. The summed E-state index contributed by atoms with van der Waals surface area (Å²) < 4.78 is 4.81. The van der Waals surface area contributed by atoms with Crippen molar-refractivity contribution < 1.29 is 9.53 Å². The van der Waals surface area contributed by atoms with Crippen LogP contribution in [0.4, 0.5) is 0 Å². The fraction of sp³-hybridized carbons (Fsp3) is 0.545. The zero-order chi connectivity index (χ0) is 11.5. The quantitative estimate of drug-likeness (QED) is 0.453. The zero-order valence-electron chi connectivity index (χ0n) is 8.94. The lowest BCUT2D eigenvalue weighted by Crippen LogP contribution is -2.49. The molecule has 84 valence electrons. The molecule has 0 aliphatic carbocycles. The first kappa shape index (κ1) is 12.3. The molecule has 1 N–H and O–H groups in total. The monoisotopic (exact) mass is 229 g/mol. The molecule has 3 nitrogen and oxygen atoms in total. The Balaban J connectivity index is 2.91. The van der Waals surface area contributed by atoms with Crippen LogP contribution in [0.25, 0.3) is 0 Å². The molecule has 0 saturated carbocycles. The summed E-state index contributed by atoms with van der Waals surface area (Å²) >= 11 is 5.68. The van der Waals surface area contributed by atoms with Gasteiger partial charge in [0.15, 0.2) is 0 Å². The van der Waals surface area contributed by atoms with Gasteiger partial charge in [0.2, 0.25) is 0 Å². The zero-order valence-corrected chi connectivity index (χ0v) is 9.69. The highest BCUT2D eigenvalue weighted by molar-refractivity contribution is 6.19. The highest BCUT2D eigenvalue weighted by atomic mass is 35.5. The van der Waals surface area contributed by atoms with Crippen LogP contribution < -0.4 is 5.32 Å². The van der Waals surface area contributed by atoms with E-state index in [1.807, 2.05) is 0 Å². The van der Waals surface area contributed by atoms with Crippen LogP contribution >= 0.6 is 11.6 Å². The molecule has 1 rings (SSSR count). The van der Waals surface area contributed by atoms with E-state index in [2.05, 4.69) is 18.5 Å². The molecule has 1 saturated heterocycles. The Hall–Kier alpha value is -0.800. The van der Waals surface area contributed by atoms with Crippen molar-refractivity contribution in [2.45, 2.75) is 18.4 Å². The molecule has 0 aromatic heterocycles. The topological polar surface area (TPSA) is 38.3 Å². The summed E-state index contributed by atoms with van der Waals surface area (Å²) in [6.07, 6.45) is 1.24. The Morgan fingerprint density at radius 2 is 2.40 bits per heavy atom. The van der Waals surface area contributed by atoms with Gasteiger partial charge in [-0.2, -0.15) is 0 Å². The normalized spacial score (nSPS) is 25.3. The van der Waals surface area contributed by atoms with Gasteiger partial charge in [-0.15, -0.1) is 11.6 Å². The number of rotatable bonds is 4. The van der Waals surface area contributed by atoms with Gasteiger partial charge in [0.25, 0.3) is 0 Å². The van der Waals surface area contributed by atoms with Crippen molar-refractivity contribution in [2.24, 2.45) is 0 Å². The van der Waals surface area contributed by atoms with Crippen LogP contribution in [-0.4, -0.2) is 31.0 Å². The van der Waals surface area contributed by atoms with Crippen molar-refractivity contribution in [3.8, 4) is 0 Å². The summed E-state index contributed by atoms with van der Waals surface area (Å²) in [7, 11) is 1.38. The number of ether oxygens (including phenoxy) is 1. The van der Waals surface area contributed by atoms with Crippen LogP contribution in [0.1, 0.15) is 12.8 Å². The number of nitrogens with one attached hydrogen (secondary N) is 1. The van der Waals surface area contributed by atoms with E-state index in [1.54, 1.807) is 0 Å². The van der Waals surface area contributed by atoms with Gasteiger partial charge in [-0.1, -0.05) is 18.7 Å². The van der Waals surface area contributed by atoms with Crippen LogP contribution in [0.15, 0.2) is 24.3 Å². The van der Waals surface area contributed by atoms with Gasteiger partial charge < -0.3 is 4.74 Å². The molecule has 4 heteroatoms. The second kappa shape index (κ2) is 4.81. The third-order valence-electron chi connectivity index (χ3n) is 2.70. The van der Waals surface area contributed by atoms with Crippen LogP contribution in [0, 0.1) is 0 Å². The molecular weight excluding hydrogens is 214 g/mol. The van der Waals surface area contributed by atoms with Crippen LogP contribution in [0.5, 0.6) is 0 Å². The minimum absolute atomic E-state index is 0.309. The lowest BCUT2D eigenvalue weighted by atomic mass is 9.86. The maximum Gasteiger partial charge on any atom is 0.330 e. The smallest absolute Gasteiger partial charge is 0.330 e. The van der Waals surface area contributed by atoms with Crippen molar-refractivity contribution in [3.63, 3.8) is 0 Å². The largest absolute Gasteiger partial charge is 0.467 e. The average molecular weight is 230 g/mol. The molecule has 1 atom stereocenters. The maximum absolute atomic E-state index is 11.8. The van der Waals surface area contributed by atoms with E-state index < -0.39 is 5.54 Å². The fourth-order valence-electron chi connectivity index (χ4n) is 1.84. The molecule has 0 aromatic carbocycles. The van der Waals surface area contributed by atoms with E-state index in [1.165, 1.54) is 7.11 Å². The van der Waals surface area contributed by atoms with Gasteiger partial charge in [-0.3, -0.25) is 5.32 Å². The van der Waals surface area contributed by atoms with Gasteiger partial charge in [0.1, 0.15) is 5.54 Å². The highest BCUT2D eigenvalue weighted by Crippen LogP contribution is 2.31. The van der Waals surface area contributed by atoms with Crippen molar-refractivity contribution >= 4 is 17.6 Å². The highest BCUT2D eigenvalue weighted by Gasteiger charge is 2.45. The standard InChI is InChI=1S/C11H16ClNO2/c1-8(7-12)6-11(10(14)15-3)9(2)4-5-13-11/h13H,1-2,4-7H2,3H3. The van der Waals surface area contributed by atoms with E-state index >= 15 is 0 Å². The molecule has 0 spiro atoms. The van der Waals surface area contributed by atoms with Crippen molar-refractivity contribution in [2.75, 3.05) is 19.5 Å². The number of methoxy groups -OCH3 is 1. The fourth-order valence-corrected chi connectivity index (χ4v) is 1.93. The lowest BCUT2D eigenvalue weighted by Gasteiger charge is -2.28. The van der Waals surface area contributed by atoms with E-state index in [9.17, 15) is 4.79 Å². The summed E-state index contributed by atoms with van der Waals surface area (Å²) in [6.45, 7) is 8.47. The van der Waals surface area contributed by atoms with E-state index in [4.69, 9.17) is 16.3 Å². The molecule has 1 aliphatic rings. The van der Waals surface area contributed by atoms with Gasteiger partial charge in [-0.05, 0) is 12.0 Å². The van der Waals surface area contributed by atoms with E-state index in [0.29, 0.717) is 12.3 Å². The van der Waals surface area contributed by atoms with Gasteiger partial charge >= 0.3 is 5.97 Å². The molecule has 1 fully saturated rings. The molecule has 15 heavy (non-hydrogen) atoms. The molecular formula is C11H16ClNO2. The first-order chi connectivity index (χ1) is 7.06. The minimum Gasteiger partial charge on any atom is -0.467 e.